The third-order valence-corrected chi connectivity index (χ3v) is 4.92. The molecule has 1 aliphatic rings. The number of nitrogens with zero attached hydrogens (tertiary/aromatic N) is 1. The Labute approximate surface area is 145 Å². The van der Waals surface area contributed by atoms with Gasteiger partial charge in [-0.1, -0.05) is 58.4 Å². The topological polar surface area (TPSA) is 46.3 Å². The first kappa shape index (κ1) is 16.2. The van der Waals surface area contributed by atoms with E-state index in [1.807, 2.05) is 47.4 Å². The van der Waals surface area contributed by atoms with Crippen molar-refractivity contribution in [2.75, 3.05) is 6.54 Å². The molecule has 1 fully saturated rings. The number of carbonyl (C=O) groups excluding carboxylic acids is 1. The highest BCUT2D eigenvalue weighted by Gasteiger charge is 2.30. The van der Waals surface area contributed by atoms with E-state index in [2.05, 4.69) is 28.1 Å². The van der Waals surface area contributed by atoms with Crippen molar-refractivity contribution >= 4 is 21.8 Å². The van der Waals surface area contributed by atoms with Crippen LogP contribution >= 0.6 is 15.9 Å². The van der Waals surface area contributed by atoms with Crippen molar-refractivity contribution in [1.82, 2.24) is 4.90 Å². The monoisotopic (exact) mass is 372 g/mol. The SMILES string of the molecule is NC(CC(=O)N1CCCC1c1cccc(Br)c1)c1ccccc1. The van der Waals surface area contributed by atoms with Gasteiger partial charge in [-0.3, -0.25) is 4.79 Å². The molecule has 1 heterocycles. The molecule has 2 unspecified atom stereocenters. The van der Waals surface area contributed by atoms with Gasteiger partial charge in [0, 0.05) is 23.5 Å². The average Bonchev–Trinajstić information content (AvgIpc) is 3.05. The van der Waals surface area contributed by atoms with E-state index in [0.717, 1.165) is 29.4 Å². The van der Waals surface area contributed by atoms with Crippen LogP contribution in [-0.2, 0) is 4.79 Å². The number of benzene rings is 2. The Kier molecular flexibility index (Phi) is 5.13. The van der Waals surface area contributed by atoms with Crippen LogP contribution in [0.3, 0.4) is 0 Å². The molecule has 1 amide bonds. The number of hydrogen-bond acceptors (Lipinski definition) is 2. The van der Waals surface area contributed by atoms with Crippen molar-refractivity contribution in [2.45, 2.75) is 31.3 Å². The van der Waals surface area contributed by atoms with E-state index in [1.165, 1.54) is 5.56 Å². The summed E-state index contributed by atoms with van der Waals surface area (Å²) in [6, 6.07) is 18.0. The second-order valence-corrected chi connectivity index (χ2v) is 6.94. The van der Waals surface area contributed by atoms with E-state index >= 15 is 0 Å². The highest BCUT2D eigenvalue weighted by atomic mass is 79.9. The number of likely N-dealkylation sites (tertiary alicyclic amines) is 1. The van der Waals surface area contributed by atoms with Gasteiger partial charge in [0.1, 0.15) is 0 Å². The van der Waals surface area contributed by atoms with Crippen LogP contribution in [0.25, 0.3) is 0 Å². The Hall–Kier alpha value is -1.65. The first-order valence-corrected chi connectivity index (χ1v) is 8.80. The van der Waals surface area contributed by atoms with E-state index in [9.17, 15) is 4.79 Å². The minimum Gasteiger partial charge on any atom is -0.336 e. The molecule has 2 atom stereocenters. The molecule has 0 saturated carbocycles. The van der Waals surface area contributed by atoms with E-state index in [1.54, 1.807) is 0 Å². The maximum absolute atomic E-state index is 12.7. The van der Waals surface area contributed by atoms with Crippen LogP contribution in [-0.4, -0.2) is 17.4 Å². The van der Waals surface area contributed by atoms with Crippen LogP contribution in [0.4, 0.5) is 0 Å². The number of halogens is 1. The third-order valence-electron chi connectivity index (χ3n) is 4.43. The molecule has 3 nitrogen and oxygen atoms in total. The number of amides is 1. The number of hydrogen-bond donors (Lipinski definition) is 1. The third kappa shape index (κ3) is 3.82. The number of carbonyl (C=O) groups is 1. The quantitative estimate of drug-likeness (QED) is 0.873. The highest BCUT2D eigenvalue weighted by Crippen LogP contribution is 2.34. The number of rotatable bonds is 4. The van der Waals surface area contributed by atoms with Crippen LogP contribution < -0.4 is 5.73 Å². The fourth-order valence-electron chi connectivity index (χ4n) is 3.25. The molecule has 0 bridgehead atoms. The maximum atomic E-state index is 12.7. The molecule has 2 aromatic carbocycles. The molecule has 2 aromatic rings. The van der Waals surface area contributed by atoms with E-state index in [-0.39, 0.29) is 18.0 Å². The fraction of sp³-hybridized carbons (Fsp3) is 0.316. The zero-order chi connectivity index (χ0) is 16.2. The van der Waals surface area contributed by atoms with Crippen molar-refractivity contribution in [2.24, 2.45) is 5.73 Å². The predicted molar refractivity (Wildman–Crippen MR) is 95.8 cm³/mol. The summed E-state index contributed by atoms with van der Waals surface area (Å²) in [6.07, 6.45) is 2.42. The molecule has 23 heavy (non-hydrogen) atoms. The average molecular weight is 373 g/mol. The van der Waals surface area contributed by atoms with E-state index in [0.29, 0.717) is 6.42 Å². The van der Waals surface area contributed by atoms with Gasteiger partial charge in [0.05, 0.1) is 6.04 Å². The fourth-order valence-corrected chi connectivity index (χ4v) is 3.67. The van der Waals surface area contributed by atoms with Crippen molar-refractivity contribution in [1.29, 1.82) is 0 Å². The Bertz CT molecular complexity index is 674. The largest absolute Gasteiger partial charge is 0.336 e. The van der Waals surface area contributed by atoms with Gasteiger partial charge in [-0.05, 0) is 36.1 Å². The van der Waals surface area contributed by atoms with Crippen LogP contribution in [0.15, 0.2) is 59.1 Å². The van der Waals surface area contributed by atoms with Crippen LogP contribution in [0.5, 0.6) is 0 Å². The van der Waals surface area contributed by atoms with Crippen LogP contribution in [0.2, 0.25) is 0 Å². The van der Waals surface area contributed by atoms with Crippen molar-refractivity contribution in [3.05, 3.63) is 70.2 Å². The minimum absolute atomic E-state index is 0.142. The van der Waals surface area contributed by atoms with Crippen molar-refractivity contribution in [3.63, 3.8) is 0 Å². The van der Waals surface area contributed by atoms with Crippen molar-refractivity contribution < 1.29 is 4.79 Å². The lowest BCUT2D eigenvalue weighted by atomic mass is 10.0. The van der Waals surface area contributed by atoms with E-state index in [4.69, 9.17) is 5.73 Å². The summed E-state index contributed by atoms with van der Waals surface area (Å²) in [4.78, 5) is 14.7. The van der Waals surface area contributed by atoms with Gasteiger partial charge in [0.15, 0.2) is 0 Å². The normalized spacial score (nSPS) is 18.9. The summed E-state index contributed by atoms with van der Waals surface area (Å²) in [5, 5.41) is 0. The Morgan fingerprint density at radius 3 is 2.74 bits per heavy atom. The van der Waals surface area contributed by atoms with Gasteiger partial charge in [-0.25, -0.2) is 0 Å². The zero-order valence-corrected chi connectivity index (χ0v) is 14.6. The molecular weight excluding hydrogens is 352 g/mol. The molecule has 2 N–H and O–H groups in total. The molecule has 1 aliphatic heterocycles. The van der Waals surface area contributed by atoms with Gasteiger partial charge >= 0.3 is 0 Å². The maximum Gasteiger partial charge on any atom is 0.224 e. The molecular formula is C19H21BrN2O. The molecule has 0 aliphatic carbocycles. The summed E-state index contributed by atoms with van der Waals surface area (Å²) in [7, 11) is 0. The second-order valence-electron chi connectivity index (χ2n) is 6.02. The highest BCUT2D eigenvalue weighted by molar-refractivity contribution is 9.10. The number of nitrogens with two attached hydrogens (primary N) is 1. The molecule has 3 rings (SSSR count). The summed E-state index contributed by atoms with van der Waals surface area (Å²) in [5.41, 5.74) is 8.42. The molecule has 4 heteroatoms. The standard InChI is InChI=1S/C19H21BrN2O/c20-16-9-4-8-15(12-16)18-10-5-11-22(18)19(23)13-17(21)14-6-2-1-3-7-14/h1-4,6-9,12,17-18H,5,10-11,13,21H2. The zero-order valence-electron chi connectivity index (χ0n) is 13.0. The summed E-state index contributed by atoms with van der Waals surface area (Å²) >= 11 is 3.51. The Balaban J connectivity index is 1.71. The lowest BCUT2D eigenvalue weighted by Gasteiger charge is -2.26. The van der Waals surface area contributed by atoms with Crippen LogP contribution in [0.1, 0.15) is 42.5 Å². The van der Waals surface area contributed by atoms with Gasteiger partial charge in [-0.15, -0.1) is 0 Å². The first-order valence-electron chi connectivity index (χ1n) is 8.00. The Morgan fingerprint density at radius 2 is 2.00 bits per heavy atom. The van der Waals surface area contributed by atoms with Gasteiger partial charge in [0.2, 0.25) is 5.91 Å². The smallest absolute Gasteiger partial charge is 0.224 e. The molecule has 0 aromatic heterocycles. The van der Waals surface area contributed by atoms with Crippen LogP contribution in [0, 0.1) is 0 Å². The van der Waals surface area contributed by atoms with Gasteiger partial charge in [-0.2, -0.15) is 0 Å². The summed E-state index contributed by atoms with van der Waals surface area (Å²) in [5.74, 6) is 0.142. The van der Waals surface area contributed by atoms with E-state index < -0.39 is 0 Å². The Morgan fingerprint density at radius 1 is 1.22 bits per heavy atom. The minimum atomic E-state index is -0.243. The van der Waals surface area contributed by atoms with Crippen molar-refractivity contribution in [3.8, 4) is 0 Å². The molecule has 1 saturated heterocycles. The summed E-state index contributed by atoms with van der Waals surface area (Å²) < 4.78 is 1.05. The lowest BCUT2D eigenvalue weighted by molar-refractivity contribution is -0.132. The van der Waals surface area contributed by atoms with Gasteiger partial charge in [0.25, 0.3) is 0 Å². The summed E-state index contributed by atoms with van der Waals surface area (Å²) in [6.45, 7) is 0.817. The second kappa shape index (κ2) is 7.28. The predicted octanol–water partition coefficient (Wildman–Crippen LogP) is 4.20. The first-order chi connectivity index (χ1) is 11.1. The van der Waals surface area contributed by atoms with Gasteiger partial charge < -0.3 is 10.6 Å². The molecule has 0 spiro atoms. The lowest BCUT2D eigenvalue weighted by Crippen LogP contribution is -2.33. The molecule has 0 radical (unpaired) electrons. The molecule has 120 valence electrons.